The standard InChI is InChI=1S/C16H15F3N4O2/c17-16(18,19)15-21-13(22-25-15)8-4-5-9-7-23(14(24)10(9)6-8)12-3-1-2-11(12)20/h4-6,11-12H,1-3,7,20H2/t11-,12-/m0/s1. The van der Waals surface area contributed by atoms with E-state index >= 15 is 0 Å². The Morgan fingerprint density at radius 3 is 2.72 bits per heavy atom. The molecule has 2 aliphatic rings. The molecular weight excluding hydrogens is 337 g/mol. The van der Waals surface area contributed by atoms with Crippen LogP contribution in [0.4, 0.5) is 13.2 Å². The molecule has 25 heavy (non-hydrogen) atoms. The Balaban J connectivity index is 1.63. The fourth-order valence-corrected chi connectivity index (χ4v) is 3.54. The molecule has 1 aromatic carbocycles. The number of nitrogens with zero attached hydrogens (tertiary/aromatic N) is 3. The van der Waals surface area contributed by atoms with Crippen molar-refractivity contribution in [1.82, 2.24) is 15.0 Å². The fourth-order valence-electron chi connectivity index (χ4n) is 3.54. The van der Waals surface area contributed by atoms with Crippen molar-refractivity contribution in [2.24, 2.45) is 5.73 Å². The second-order valence-electron chi connectivity index (χ2n) is 6.39. The van der Waals surface area contributed by atoms with E-state index in [4.69, 9.17) is 5.73 Å². The zero-order valence-corrected chi connectivity index (χ0v) is 13.1. The molecule has 2 atom stereocenters. The number of carbonyl (C=O) groups is 1. The second kappa shape index (κ2) is 5.55. The summed E-state index contributed by atoms with van der Waals surface area (Å²) in [6.45, 7) is 0.465. The van der Waals surface area contributed by atoms with Crippen LogP contribution in [0.2, 0.25) is 0 Å². The Hall–Kier alpha value is -2.42. The van der Waals surface area contributed by atoms with Crippen LogP contribution < -0.4 is 5.73 Å². The maximum Gasteiger partial charge on any atom is 0.471 e. The molecule has 0 unspecified atom stereocenters. The summed E-state index contributed by atoms with van der Waals surface area (Å²) in [5, 5.41) is 3.36. The SMILES string of the molecule is N[C@H]1CCC[C@@H]1N1Cc2ccc(-c3noc(C(F)(F)F)n3)cc2C1=O. The number of amides is 1. The van der Waals surface area contributed by atoms with Gasteiger partial charge in [0.25, 0.3) is 5.91 Å². The quantitative estimate of drug-likeness (QED) is 0.898. The molecule has 1 aliphatic carbocycles. The van der Waals surface area contributed by atoms with Crippen molar-refractivity contribution in [3.05, 3.63) is 35.2 Å². The molecule has 0 saturated heterocycles. The molecular formula is C16H15F3N4O2. The highest BCUT2D eigenvalue weighted by molar-refractivity contribution is 5.99. The maximum atomic E-state index is 12.7. The van der Waals surface area contributed by atoms with E-state index in [1.165, 1.54) is 6.07 Å². The van der Waals surface area contributed by atoms with Gasteiger partial charge in [-0.25, -0.2) is 0 Å². The first-order valence-electron chi connectivity index (χ1n) is 7.95. The zero-order chi connectivity index (χ0) is 17.8. The van der Waals surface area contributed by atoms with Crippen LogP contribution in [0.5, 0.6) is 0 Å². The minimum atomic E-state index is -4.70. The average molecular weight is 352 g/mol. The van der Waals surface area contributed by atoms with Crippen molar-refractivity contribution < 1.29 is 22.5 Å². The number of hydrogen-bond donors (Lipinski definition) is 1. The summed E-state index contributed by atoms with van der Waals surface area (Å²) in [6, 6.07) is 4.79. The number of alkyl halides is 3. The lowest BCUT2D eigenvalue weighted by Crippen LogP contribution is -2.44. The number of hydrogen-bond acceptors (Lipinski definition) is 5. The van der Waals surface area contributed by atoms with Crippen LogP contribution in [0.1, 0.15) is 41.1 Å². The summed E-state index contributed by atoms with van der Waals surface area (Å²) in [6.07, 6.45) is -1.96. The molecule has 0 radical (unpaired) electrons. The van der Waals surface area contributed by atoms with E-state index in [1.54, 1.807) is 17.0 Å². The molecule has 9 heteroatoms. The minimum absolute atomic E-state index is 0.00496. The summed E-state index contributed by atoms with van der Waals surface area (Å²) in [5.41, 5.74) is 7.68. The molecule has 1 saturated carbocycles. The van der Waals surface area contributed by atoms with Crippen molar-refractivity contribution in [2.45, 2.75) is 44.1 Å². The second-order valence-corrected chi connectivity index (χ2v) is 6.39. The molecule has 4 rings (SSSR count). The summed E-state index contributed by atoms with van der Waals surface area (Å²) >= 11 is 0. The maximum absolute atomic E-state index is 12.7. The van der Waals surface area contributed by atoms with Crippen molar-refractivity contribution in [3.8, 4) is 11.4 Å². The average Bonchev–Trinajstić information content (AvgIpc) is 3.26. The molecule has 6 nitrogen and oxygen atoms in total. The summed E-state index contributed by atoms with van der Waals surface area (Å²) in [5.74, 6) is -1.76. The Labute approximate surface area is 140 Å². The van der Waals surface area contributed by atoms with Crippen LogP contribution in [0.25, 0.3) is 11.4 Å². The first-order valence-corrected chi connectivity index (χ1v) is 7.95. The van der Waals surface area contributed by atoms with Crippen LogP contribution in [-0.4, -0.2) is 33.0 Å². The van der Waals surface area contributed by atoms with E-state index in [0.717, 1.165) is 24.8 Å². The number of carbonyl (C=O) groups excluding carboxylic acids is 1. The Morgan fingerprint density at radius 2 is 2.08 bits per heavy atom. The third-order valence-corrected chi connectivity index (χ3v) is 4.80. The largest absolute Gasteiger partial charge is 0.471 e. The smallest absolute Gasteiger partial charge is 0.330 e. The van der Waals surface area contributed by atoms with Gasteiger partial charge in [0.2, 0.25) is 5.82 Å². The Morgan fingerprint density at radius 1 is 1.28 bits per heavy atom. The first-order chi connectivity index (χ1) is 11.8. The van der Waals surface area contributed by atoms with E-state index in [9.17, 15) is 18.0 Å². The van der Waals surface area contributed by atoms with Gasteiger partial charge in [0, 0.05) is 29.8 Å². The number of fused-ring (bicyclic) bond motifs is 1. The summed E-state index contributed by atoms with van der Waals surface area (Å²) < 4.78 is 42.0. The zero-order valence-electron chi connectivity index (χ0n) is 13.1. The van der Waals surface area contributed by atoms with Crippen LogP contribution in [-0.2, 0) is 12.7 Å². The van der Waals surface area contributed by atoms with Crippen molar-refractivity contribution in [2.75, 3.05) is 0 Å². The van der Waals surface area contributed by atoms with Crippen molar-refractivity contribution in [1.29, 1.82) is 0 Å². The van der Waals surface area contributed by atoms with Gasteiger partial charge in [0.15, 0.2) is 0 Å². The predicted molar refractivity (Wildman–Crippen MR) is 80.2 cm³/mol. The molecule has 1 fully saturated rings. The van der Waals surface area contributed by atoms with Crippen LogP contribution in [0, 0.1) is 0 Å². The van der Waals surface area contributed by atoms with E-state index in [2.05, 4.69) is 14.7 Å². The molecule has 2 heterocycles. The van der Waals surface area contributed by atoms with Gasteiger partial charge in [-0.1, -0.05) is 17.3 Å². The van der Waals surface area contributed by atoms with Gasteiger partial charge in [-0.3, -0.25) is 4.79 Å². The number of aromatic nitrogens is 2. The number of halogens is 3. The molecule has 1 aromatic heterocycles. The lowest BCUT2D eigenvalue weighted by molar-refractivity contribution is -0.159. The monoisotopic (exact) mass is 352 g/mol. The lowest BCUT2D eigenvalue weighted by Gasteiger charge is -2.27. The highest BCUT2D eigenvalue weighted by Crippen LogP contribution is 2.34. The Kier molecular flexibility index (Phi) is 3.57. The van der Waals surface area contributed by atoms with Gasteiger partial charge in [0.05, 0.1) is 0 Å². The topological polar surface area (TPSA) is 85.2 Å². The molecule has 0 bridgehead atoms. The van der Waals surface area contributed by atoms with E-state index in [-0.39, 0.29) is 23.8 Å². The first kappa shape index (κ1) is 16.1. The van der Waals surface area contributed by atoms with Gasteiger partial charge in [-0.15, -0.1) is 0 Å². The Bertz CT molecular complexity index is 833. The van der Waals surface area contributed by atoms with E-state index < -0.39 is 12.1 Å². The molecule has 2 aromatic rings. The normalized spacial score (nSPS) is 23.4. The van der Waals surface area contributed by atoms with Gasteiger partial charge >= 0.3 is 12.1 Å². The van der Waals surface area contributed by atoms with Crippen LogP contribution in [0.3, 0.4) is 0 Å². The van der Waals surface area contributed by atoms with Crippen LogP contribution >= 0.6 is 0 Å². The highest BCUT2D eigenvalue weighted by Gasteiger charge is 2.40. The molecule has 2 N–H and O–H groups in total. The number of rotatable bonds is 2. The molecule has 1 aliphatic heterocycles. The van der Waals surface area contributed by atoms with E-state index in [1.807, 2.05) is 0 Å². The van der Waals surface area contributed by atoms with E-state index in [0.29, 0.717) is 17.7 Å². The third kappa shape index (κ3) is 2.68. The lowest BCUT2D eigenvalue weighted by atomic mass is 10.1. The number of nitrogens with two attached hydrogens (primary N) is 1. The fraction of sp³-hybridized carbons (Fsp3) is 0.438. The molecule has 132 valence electrons. The highest BCUT2D eigenvalue weighted by atomic mass is 19.4. The summed E-state index contributed by atoms with van der Waals surface area (Å²) in [7, 11) is 0. The predicted octanol–water partition coefficient (Wildman–Crippen LogP) is 2.59. The van der Waals surface area contributed by atoms with Gasteiger partial charge in [-0.05, 0) is 30.9 Å². The summed E-state index contributed by atoms with van der Waals surface area (Å²) in [4.78, 5) is 17.8. The molecule has 0 spiro atoms. The van der Waals surface area contributed by atoms with Crippen molar-refractivity contribution in [3.63, 3.8) is 0 Å². The number of benzene rings is 1. The van der Waals surface area contributed by atoms with Gasteiger partial charge in [0.1, 0.15) is 0 Å². The van der Waals surface area contributed by atoms with Crippen LogP contribution in [0.15, 0.2) is 22.7 Å². The third-order valence-electron chi connectivity index (χ3n) is 4.80. The minimum Gasteiger partial charge on any atom is -0.330 e. The van der Waals surface area contributed by atoms with Gasteiger partial charge in [-0.2, -0.15) is 18.2 Å². The van der Waals surface area contributed by atoms with Crippen molar-refractivity contribution >= 4 is 5.91 Å². The molecule has 1 amide bonds. The van der Waals surface area contributed by atoms with Gasteiger partial charge < -0.3 is 15.2 Å².